The quantitative estimate of drug-likeness (QED) is 0.452. The summed E-state index contributed by atoms with van der Waals surface area (Å²) in [6.07, 6.45) is 4.59. The van der Waals surface area contributed by atoms with Crippen LogP contribution in [0.3, 0.4) is 0 Å². The van der Waals surface area contributed by atoms with E-state index in [9.17, 15) is 0 Å². The molecule has 0 spiro atoms. The van der Waals surface area contributed by atoms with Gasteiger partial charge >= 0.3 is 6.01 Å². The summed E-state index contributed by atoms with van der Waals surface area (Å²) in [4.78, 5) is 17.1. The van der Waals surface area contributed by atoms with Crippen molar-refractivity contribution in [1.29, 1.82) is 0 Å². The molecule has 2 N–H and O–H groups in total. The van der Waals surface area contributed by atoms with Gasteiger partial charge in [-0.1, -0.05) is 11.6 Å². The van der Waals surface area contributed by atoms with E-state index in [1.165, 1.54) is 12.4 Å². The predicted octanol–water partition coefficient (Wildman–Crippen LogP) is 3.63. The van der Waals surface area contributed by atoms with Gasteiger partial charge in [-0.25, -0.2) is 15.0 Å². The summed E-state index contributed by atoms with van der Waals surface area (Å²) in [6, 6.07) is 10.5. The number of aromatic nitrogens is 5. The van der Waals surface area contributed by atoms with Gasteiger partial charge in [-0.05, 0) is 30.3 Å². The highest BCUT2D eigenvalue weighted by Crippen LogP contribution is 2.24. The smallest absolute Gasteiger partial charge is 0.322 e. The molecule has 0 bridgehead atoms. The molecule has 1 aliphatic rings. The number of nitrogens with one attached hydrogen (secondary N) is 2. The fraction of sp³-hybridized carbons (Fsp3) is 0.238. The molecule has 0 aliphatic carbocycles. The topological polar surface area (TPSA) is 99.0 Å². The van der Waals surface area contributed by atoms with Gasteiger partial charge in [0.15, 0.2) is 0 Å². The second kappa shape index (κ2) is 8.37. The monoisotopic (exact) mass is 437 g/mol. The van der Waals surface area contributed by atoms with Gasteiger partial charge in [0.05, 0.1) is 66.1 Å². The fourth-order valence-electron chi connectivity index (χ4n) is 3.20. The first kappa shape index (κ1) is 19.5. The maximum absolute atomic E-state index is 5.78. The molecule has 1 aliphatic heterocycles. The van der Waals surface area contributed by atoms with Crippen molar-refractivity contribution in [2.24, 2.45) is 7.05 Å². The van der Waals surface area contributed by atoms with Gasteiger partial charge in [0.25, 0.3) is 0 Å². The average Bonchev–Trinajstić information content (AvgIpc) is 3.07. The van der Waals surface area contributed by atoms with Crippen LogP contribution in [0.2, 0.25) is 5.02 Å². The van der Waals surface area contributed by atoms with Gasteiger partial charge < -0.3 is 24.7 Å². The molecule has 5 rings (SSSR count). The molecule has 1 fully saturated rings. The number of fused-ring (bicyclic) bond motifs is 1. The van der Waals surface area contributed by atoms with E-state index in [-0.39, 0.29) is 6.01 Å². The summed E-state index contributed by atoms with van der Waals surface area (Å²) in [7, 11) is 1.99. The van der Waals surface area contributed by atoms with Crippen LogP contribution < -0.4 is 15.4 Å². The van der Waals surface area contributed by atoms with Crippen LogP contribution in [0.5, 0.6) is 11.8 Å². The Bertz CT molecular complexity index is 1190. The van der Waals surface area contributed by atoms with Crippen molar-refractivity contribution in [2.45, 2.75) is 12.6 Å². The third-order valence-corrected chi connectivity index (χ3v) is 5.12. The molecule has 158 valence electrons. The van der Waals surface area contributed by atoms with Gasteiger partial charge in [-0.2, -0.15) is 0 Å². The standard InChI is InChI=1S/C21H20ClN7O2/c1-29-19-6-14(27-16-11-30-12-16)3-5-18(19)28-20(29)24-9-15-2-4-17(10-23-15)31-21-25-7-13(22)8-26-21/h2-8,10,16,27H,9,11-12H2,1H3,(H,24,28). The second-order valence-corrected chi connectivity index (χ2v) is 7.64. The Morgan fingerprint density at radius 3 is 2.68 bits per heavy atom. The lowest BCUT2D eigenvalue weighted by molar-refractivity contribution is 0.0211. The number of hydrogen-bond donors (Lipinski definition) is 2. The van der Waals surface area contributed by atoms with Crippen LogP contribution in [0.1, 0.15) is 5.69 Å². The van der Waals surface area contributed by atoms with E-state index in [0.29, 0.717) is 23.4 Å². The highest BCUT2D eigenvalue weighted by atomic mass is 35.5. The summed E-state index contributed by atoms with van der Waals surface area (Å²) in [5.41, 5.74) is 3.90. The second-order valence-electron chi connectivity index (χ2n) is 7.20. The summed E-state index contributed by atoms with van der Waals surface area (Å²) in [5, 5.41) is 7.26. The number of hydrogen-bond acceptors (Lipinski definition) is 8. The van der Waals surface area contributed by atoms with E-state index in [4.69, 9.17) is 21.1 Å². The van der Waals surface area contributed by atoms with Crippen LogP contribution >= 0.6 is 11.6 Å². The molecular weight excluding hydrogens is 418 g/mol. The zero-order valence-corrected chi connectivity index (χ0v) is 17.5. The van der Waals surface area contributed by atoms with Gasteiger partial charge in [0, 0.05) is 12.7 Å². The van der Waals surface area contributed by atoms with Gasteiger partial charge in [0.1, 0.15) is 5.75 Å². The van der Waals surface area contributed by atoms with Crippen molar-refractivity contribution < 1.29 is 9.47 Å². The normalized spacial score (nSPS) is 13.7. The molecule has 0 unspecified atom stereocenters. The molecule has 31 heavy (non-hydrogen) atoms. The van der Waals surface area contributed by atoms with Crippen molar-refractivity contribution >= 4 is 34.3 Å². The summed E-state index contributed by atoms with van der Waals surface area (Å²) < 4.78 is 12.8. The molecule has 4 heterocycles. The van der Waals surface area contributed by atoms with E-state index >= 15 is 0 Å². The molecule has 0 atom stereocenters. The molecule has 1 aromatic carbocycles. The summed E-state index contributed by atoms with van der Waals surface area (Å²) >= 11 is 5.78. The lowest BCUT2D eigenvalue weighted by Gasteiger charge is -2.27. The van der Waals surface area contributed by atoms with E-state index < -0.39 is 0 Å². The Labute approximate surface area is 183 Å². The van der Waals surface area contributed by atoms with Crippen molar-refractivity contribution in [3.8, 4) is 11.8 Å². The van der Waals surface area contributed by atoms with Crippen LogP contribution in [0.4, 0.5) is 11.6 Å². The van der Waals surface area contributed by atoms with Crippen LogP contribution in [-0.4, -0.2) is 43.8 Å². The Hall–Kier alpha value is -3.43. The third-order valence-electron chi connectivity index (χ3n) is 4.92. The first-order valence-electron chi connectivity index (χ1n) is 9.79. The molecule has 10 heteroatoms. The van der Waals surface area contributed by atoms with Crippen LogP contribution in [0, 0.1) is 0 Å². The van der Waals surface area contributed by atoms with Crippen LogP contribution in [-0.2, 0) is 18.3 Å². The molecule has 4 aromatic rings. The number of anilines is 2. The summed E-state index contributed by atoms with van der Waals surface area (Å²) in [5.74, 6) is 1.32. The Kier molecular flexibility index (Phi) is 5.27. The SMILES string of the molecule is Cn1c(NCc2ccc(Oc3ncc(Cl)cn3)cn2)nc2ccc(NC3COC3)cc21. The van der Waals surface area contributed by atoms with Gasteiger partial charge in [-0.15, -0.1) is 0 Å². The van der Waals surface area contributed by atoms with E-state index in [2.05, 4.69) is 36.6 Å². The van der Waals surface area contributed by atoms with Crippen molar-refractivity contribution in [3.63, 3.8) is 0 Å². The minimum atomic E-state index is 0.218. The number of rotatable bonds is 7. The number of nitrogens with zero attached hydrogens (tertiary/aromatic N) is 5. The molecule has 3 aromatic heterocycles. The Balaban J connectivity index is 1.23. The number of ether oxygens (including phenoxy) is 2. The molecular formula is C21H20ClN7O2. The number of benzene rings is 1. The van der Waals surface area contributed by atoms with E-state index in [1.54, 1.807) is 6.20 Å². The van der Waals surface area contributed by atoms with Gasteiger partial charge in [-0.3, -0.25) is 4.98 Å². The number of aryl methyl sites for hydroxylation is 1. The molecule has 1 saturated heterocycles. The number of imidazole rings is 1. The fourth-order valence-corrected chi connectivity index (χ4v) is 3.29. The van der Waals surface area contributed by atoms with Crippen molar-refractivity contribution in [2.75, 3.05) is 23.8 Å². The zero-order valence-electron chi connectivity index (χ0n) is 16.7. The predicted molar refractivity (Wildman–Crippen MR) is 118 cm³/mol. The van der Waals surface area contributed by atoms with Crippen LogP contribution in [0.25, 0.3) is 11.0 Å². The maximum atomic E-state index is 5.78. The van der Waals surface area contributed by atoms with Gasteiger partial charge in [0.2, 0.25) is 5.95 Å². The third kappa shape index (κ3) is 4.37. The largest absolute Gasteiger partial charge is 0.423 e. The zero-order chi connectivity index (χ0) is 21.2. The molecule has 9 nitrogen and oxygen atoms in total. The minimum absolute atomic E-state index is 0.218. The first-order chi connectivity index (χ1) is 15.1. The highest BCUT2D eigenvalue weighted by Gasteiger charge is 2.18. The minimum Gasteiger partial charge on any atom is -0.423 e. The molecule has 0 amide bonds. The van der Waals surface area contributed by atoms with Crippen molar-refractivity contribution in [3.05, 3.63) is 59.6 Å². The maximum Gasteiger partial charge on any atom is 0.322 e. The highest BCUT2D eigenvalue weighted by molar-refractivity contribution is 6.30. The lowest BCUT2D eigenvalue weighted by atomic mass is 10.2. The number of pyridine rings is 1. The molecule has 0 saturated carbocycles. The lowest BCUT2D eigenvalue weighted by Crippen LogP contribution is -2.40. The Morgan fingerprint density at radius 1 is 1.13 bits per heavy atom. The van der Waals surface area contributed by atoms with E-state index in [0.717, 1.165) is 41.6 Å². The van der Waals surface area contributed by atoms with Crippen LogP contribution in [0.15, 0.2) is 48.9 Å². The molecule has 0 radical (unpaired) electrons. The Morgan fingerprint density at radius 2 is 1.97 bits per heavy atom. The summed E-state index contributed by atoms with van der Waals surface area (Å²) in [6.45, 7) is 2.03. The first-order valence-corrected chi connectivity index (χ1v) is 10.2. The van der Waals surface area contributed by atoms with Crippen molar-refractivity contribution in [1.82, 2.24) is 24.5 Å². The van der Waals surface area contributed by atoms with E-state index in [1.807, 2.05) is 35.9 Å². The average molecular weight is 438 g/mol. The number of halogens is 1.